The van der Waals surface area contributed by atoms with Crippen LogP contribution in [-0.2, 0) is 11.3 Å². The molecule has 1 amide bonds. The van der Waals surface area contributed by atoms with E-state index in [0.29, 0.717) is 27.3 Å². The molecule has 2 aromatic carbocycles. The molecule has 0 saturated carbocycles. The second kappa shape index (κ2) is 8.81. The maximum absolute atomic E-state index is 12.7. The van der Waals surface area contributed by atoms with Gasteiger partial charge in [-0.2, -0.15) is 0 Å². The number of amides is 1. The van der Waals surface area contributed by atoms with E-state index in [9.17, 15) is 4.79 Å². The Balaban J connectivity index is 1.65. The Hall–Kier alpha value is -0.970. The fraction of sp³-hybridized carbons (Fsp3) is 0.316. The molecule has 0 aliphatic carbocycles. The number of piperidine rings is 1. The van der Waals surface area contributed by atoms with E-state index in [1.807, 2.05) is 24.3 Å². The lowest BCUT2D eigenvalue weighted by atomic mass is 9.96. The third-order valence-corrected chi connectivity index (χ3v) is 5.90. The van der Waals surface area contributed by atoms with E-state index < -0.39 is 0 Å². The maximum atomic E-state index is 12.7. The average molecular weight is 432 g/mol. The smallest absolute Gasteiger partial charge is 0.228 e. The first kappa shape index (κ1) is 19.8. The summed E-state index contributed by atoms with van der Waals surface area (Å²) >= 11 is 24.4. The lowest BCUT2D eigenvalue weighted by Crippen LogP contribution is -2.40. The largest absolute Gasteiger partial charge is 0.324 e. The van der Waals surface area contributed by atoms with Crippen LogP contribution in [0.5, 0.6) is 0 Å². The minimum atomic E-state index is -0.114. The molecule has 0 radical (unpaired) electrons. The Morgan fingerprint density at radius 1 is 1.04 bits per heavy atom. The second-order valence-corrected chi connectivity index (χ2v) is 8.03. The molecule has 1 fully saturated rings. The highest BCUT2D eigenvalue weighted by Gasteiger charge is 2.26. The van der Waals surface area contributed by atoms with Crippen molar-refractivity contribution >= 4 is 58.0 Å². The van der Waals surface area contributed by atoms with Crippen molar-refractivity contribution in [1.29, 1.82) is 0 Å². The summed E-state index contributed by atoms with van der Waals surface area (Å²) in [5.41, 5.74) is 1.55. The predicted octanol–water partition coefficient (Wildman–Crippen LogP) is 6.15. The lowest BCUT2D eigenvalue weighted by molar-refractivity contribution is -0.121. The molecule has 138 valence electrons. The van der Waals surface area contributed by atoms with Crippen LogP contribution < -0.4 is 5.32 Å². The van der Waals surface area contributed by atoms with Crippen LogP contribution in [0, 0.1) is 5.92 Å². The quantitative estimate of drug-likeness (QED) is 0.588. The van der Waals surface area contributed by atoms with Gasteiger partial charge in [-0.3, -0.25) is 9.69 Å². The molecule has 1 aliphatic rings. The number of carbonyl (C=O) groups excluding carboxylic acids is 1. The first-order valence-corrected chi connectivity index (χ1v) is 9.86. The summed E-state index contributed by atoms with van der Waals surface area (Å²) in [6.45, 7) is 2.36. The molecule has 3 nitrogen and oxygen atoms in total. The van der Waals surface area contributed by atoms with Crippen molar-refractivity contribution in [2.45, 2.75) is 19.4 Å². The highest BCUT2D eigenvalue weighted by atomic mass is 35.5. The standard InChI is InChI=1S/C19H18Cl4N2O/c20-14-6-2-1-4-12(14)10-25-7-3-5-13(11-25)19(26)24-18-9-16(22)15(21)8-17(18)23/h1-2,4,6,8-9,13H,3,5,7,10-11H2,(H,24,26). The summed E-state index contributed by atoms with van der Waals surface area (Å²) in [4.78, 5) is 14.9. The number of anilines is 1. The molecule has 1 N–H and O–H groups in total. The summed E-state index contributed by atoms with van der Waals surface area (Å²) in [7, 11) is 0. The van der Waals surface area contributed by atoms with E-state index >= 15 is 0 Å². The molecular formula is C19H18Cl4N2O. The van der Waals surface area contributed by atoms with Crippen molar-refractivity contribution in [1.82, 2.24) is 4.90 Å². The zero-order valence-electron chi connectivity index (χ0n) is 13.9. The molecule has 26 heavy (non-hydrogen) atoms. The van der Waals surface area contributed by atoms with Crippen LogP contribution in [-0.4, -0.2) is 23.9 Å². The second-order valence-electron chi connectivity index (χ2n) is 6.40. The Morgan fingerprint density at radius 3 is 2.54 bits per heavy atom. The monoisotopic (exact) mass is 430 g/mol. The molecule has 1 atom stereocenters. The van der Waals surface area contributed by atoms with Crippen molar-refractivity contribution in [3.05, 3.63) is 62.1 Å². The minimum Gasteiger partial charge on any atom is -0.324 e. The van der Waals surface area contributed by atoms with Gasteiger partial charge in [0.05, 0.1) is 26.7 Å². The Bertz CT molecular complexity index is 812. The number of rotatable bonds is 4. The molecule has 1 heterocycles. The van der Waals surface area contributed by atoms with E-state index in [2.05, 4.69) is 10.2 Å². The van der Waals surface area contributed by atoms with Crippen LogP contribution in [0.3, 0.4) is 0 Å². The van der Waals surface area contributed by atoms with Crippen molar-refractivity contribution in [2.24, 2.45) is 5.92 Å². The van der Waals surface area contributed by atoms with Crippen LogP contribution in [0.25, 0.3) is 0 Å². The van der Waals surface area contributed by atoms with Gasteiger partial charge in [0.2, 0.25) is 5.91 Å². The summed E-state index contributed by atoms with van der Waals surface area (Å²) < 4.78 is 0. The number of benzene rings is 2. The zero-order valence-corrected chi connectivity index (χ0v) is 17.0. The predicted molar refractivity (Wildman–Crippen MR) is 110 cm³/mol. The highest BCUT2D eigenvalue weighted by molar-refractivity contribution is 6.44. The SMILES string of the molecule is O=C(Nc1cc(Cl)c(Cl)cc1Cl)C1CCCN(Cc2ccccc2Cl)C1. The number of halogens is 4. The third-order valence-electron chi connectivity index (χ3n) is 4.50. The third kappa shape index (κ3) is 4.85. The summed E-state index contributed by atoms with van der Waals surface area (Å²) in [5, 5.41) is 4.72. The molecular weight excluding hydrogens is 414 g/mol. The number of likely N-dealkylation sites (tertiary alicyclic amines) is 1. The molecule has 0 bridgehead atoms. The van der Waals surface area contributed by atoms with Gasteiger partial charge in [0, 0.05) is 18.1 Å². The normalized spacial score (nSPS) is 17.9. The fourth-order valence-electron chi connectivity index (χ4n) is 3.13. The number of hydrogen-bond acceptors (Lipinski definition) is 2. The first-order valence-electron chi connectivity index (χ1n) is 8.35. The topological polar surface area (TPSA) is 32.3 Å². The molecule has 0 spiro atoms. The summed E-state index contributed by atoms with van der Waals surface area (Å²) in [5.74, 6) is -0.175. The molecule has 7 heteroatoms. The molecule has 1 unspecified atom stereocenters. The Morgan fingerprint density at radius 2 is 1.77 bits per heavy atom. The summed E-state index contributed by atoms with van der Waals surface area (Å²) in [6, 6.07) is 10.9. The van der Waals surface area contributed by atoms with Gasteiger partial charge in [0.1, 0.15) is 0 Å². The van der Waals surface area contributed by atoms with Crippen molar-refractivity contribution in [3.63, 3.8) is 0 Å². The molecule has 1 aliphatic heterocycles. The van der Waals surface area contributed by atoms with Gasteiger partial charge in [0.15, 0.2) is 0 Å². The van der Waals surface area contributed by atoms with E-state index in [4.69, 9.17) is 46.4 Å². The van der Waals surface area contributed by atoms with Crippen molar-refractivity contribution < 1.29 is 4.79 Å². The first-order chi connectivity index (χ1) is 12.4. The van der Waals surface area contributed by atoms with Crippen molar-refractivity contribution in [3.8, 4) is 0 Å². The van der Waals surface area contributed by atoms with Gasteiger partial charge in [-0.25, -0.2) is 0 Å². The van der Waals surface area contributed by atoms with E-state index in [0.717, 1.165) is 36.5 Å². The van der Waals surface area contributed by atoms with E-state index in [1.165, 1.54) is 6.07 Å². The lowest BCUT2D eigenvalue weighted by Gasteiger charge is -2.32. The van der Waals surface area contributed by atoms with E-state index in [-0.39, 0.29) is 11.8 Å². The van der Waals surface area contributed by atoms with Gasteiger partial charge in [-0.1, -0.05) is 64.6 Å². The van der Waals surface area contributed by atoms with Crippen LogP contribution >= 0.6 is 46.4 Å². The number of nitrogens with one attached hydrogen (secondary N) is 1. The molecule has 2 aromatic rings. The summed E-state index contributed by atoms with van der Waals surface area (Å²) in [6.07, 6.45) is 1.79. The molecule has 0 aromatic heterocycles. The number of carbonyl (C=O) groups is 1. The van der Waals surface area contributed by atoms with Gasteiger partial charge < -0.3 is 5.32 Å². The molecule has 1 saturated heterocycles. The number of nitrogens with zero attached hydrogens (tertiary/aromatic N) is 1. The Kier molecular flexibility index (Phi) is 6.70. The van der Waals surface area contributed by atoms with E-state index in [1.54, 1.807) is 6.07 Å². The van der Waals surface area contributed by atoms with Crippen LogP contribution in [0.4, 0.5) is 5.69 Å². The number of hydrogen-bond donors (Lipinski definition) is 1. The van der Waals surface area contributed by atoms with Crippen LogP contribution in [0.15, 0.2) is 36.4 Å². The Labute approximate surface area is 173 Å². The van der Waals surface area contributed by atoms with Gasteiger partial charge in [-0.15, -0.1) is 0 Å². The van der Waals surface area contributed by atoms with Gasteiger partial charge in [0.25, 0.3) is 0 Å². The highest BCUT2D eigenvalue weighted by Crippen LogP contribution is 2.33. The minimum absolute atomic E-state index is 0.0610. The van der Waals surface area contributed by atoms with Crippen LogP contribution in [0.2, 0.25) is 20.1 Å². The maximum Gasteiger partial charge on any atom is 0.228 e. The average Bonchev–Trinajstić information content (AvgIpc) is 2.62. The van der Waals surface area contributed by atoms with Gasteiger partial charge >= 0.3 is 0 Å². The zero-order chi connectivity index (χ0) is 18.7. The van der Waals surface area contributed by atoms with Crippen LogP contribution in [0.1, 0.15) is 18.4 Å². The fourth-order valence-corrected chi connectivity index (χ4v) is 3.92. The van der Waals surface area contributed by atoms with Gasteiger partial charge in [-0.05, 0) is 43.1 Å². The molecule has 3 rings (SSSR count). The van der Waals surface area contributed by atoms with Crippen molar-refractivity contribution in [2.75, 3.05) is 18.4 Å².